The lowest BCUT2D eigenvalue weighted by molar-refractivity contribution is -1.12. The molecule has 0 radical (unpaired) electrons. The van der Waals surface area contributed by atoms with Gasteiger partial charge >= 0.3 is 0 Å². The van der Waals surface area contributed by atoms with E-state index in [-0.39, 0.29) is 0 Å². The van der Waals surface area contributed by atoms with Gasteiger partial charge in [-0.3, -0.25) is 0 Å². The highest BCUT2D eigenvalue weighted by atomic mass is 16.2. The van der Waals surface area contributed by atoms with Crippen LogP contribution in [0.4, 0.5) is 0 Å². The number of quaternary nitrogens is 1. The van der Waals surface area contributed by atoms with Crippen molar-refractivity contribution in [1.82, 2.24) is 15.1 Å². The number of rotatable bonds is 0. The first kappa shape index (κ1) is 8.86. The first-order valence-electron chi connectivity index (χ1n) is 7.38. The molecule has 7 bridgehead atoms. The molecule has 0 aromatic carbocycles. The summed E-state index contributed by atoms with van der Waals surface area (Å²) in [6.45, 7) is 3.87. The van der Waals surface area contributed by atoms with E-state index < -0.39 is 0 Å². The molecule has 17 heavy (non-hydrogen) atoms. The van der Waals surface area contributed by atoms with Gasteiger partial charge < -0.3 is 0 Å². The van der Waals surface area contributed by atoms with Crippen LogP contribution in [-0.2, 0) is 0 Å². The summed E-state index contributed by atoms with van der Waals surface area (Å²) in [6.07, 6.45) is 5.87. The van der Waals surface area contributed by atoms with Crippen LogP contribution in [0.5, 0.6) is 0 Å². The van der Waals surface area contributed by atoms with Crippen molar-refractivity contribution < 1.29 is 4.70 Å². The summed E-state index contributed by atoms with van der Waals surface area (Å²) >= 11 is 0. The summed E-state index contributed by atoms with van der Waals surface area (Å²) in [6, 6.07) is 3.52. The van der Waals surface area contributed by atoms with Crippen LogP contribution in [0, 0.1) is 11.3 Å². The van der Waals surface area contributed by atoms with Gasteiger partial charge in [-0.2, -0.15) is 9.71 Å². The molecule has 8 rings (SSSR count). The molecule has 6 saturated heterocycles. The summed E-state index contributed by atoms with van der Waals surface area (Å²) in [4.78, 5) is 0. The standard InChI is InChI=1S/C13H21N4/c1-13-10-5-3-8-12(13)9-4-6-11(13)17(2)15(9)7-14(8)16(10)17/h8-12H,3-7H2,1-2H3/q+1. The third-order valence-corrected chi connectivity index (χ3v) is 7.58. The fraction of sp³-hybridized carbons (Fsp3) is 1.00. The fourth-order valence-corrected chi connectivity index (χ4v) is 7.33. The fourth-order valence-electron chi connectivity index (χ4n) is 7.33. The van der Waals surface area contributed by atoms with Crippen molar-refractivity contribution in [2.75, 3.05) is 13.7 Å². The zero-order chi connectivity index (χ0) is 11.2. The molecule has 92 valence electrons. The van der Waals surface area contributed by atoms with Crippen LogP contribution in [0.3, 0.4) is 0 Å². The van der Waals surface area contributed by atoms with Gasteiger partial charge in [0.15, 0.2) is 0 Å². The SMILES string of the molecule is CC12C3C4CCC1N1N4CN4C3CCC2[N+]41C. The molecule has 6 heterocycles. The lowest BCUT2D eigenvalue weighted by Crippen LogP contribution is -2.78. The predicted octanol–water partition coefficient (Wildman–Crippen LogP) is 0.780. The van der Waals surface area contributed by atoms with Crippen LogP contribution < -0.4 is 0 Å². The number of hydrogen-bond acceptors (Lipinski definition) is 3. The predicted molar refractivity (Wildman–Crippen MR) is 61.8 cm³/mol. The molecule has 0 aromatic rings. The van der Waals surface area contributed by atoms with Crippen LogP contribution in [0.15, 0.2) is 0 Å². The van der Waals surface area contributed by atoms with E-state index in [2.05, 4.69) is 29.1 Å². The van der Waals surface area contributed by atoms with Gasteiger partial charge in [0, 0.05) is 18.4 Å². The average Bonchev–Trinajstić information content (AvgIpc) is 2.73. The largest absolute Gasteiger partial charge is 0.172 e. The summed E-state index contributed by atoms with van der Waals surface area (Å²) in [5.74, 6) is 0.985. The molecule has 0 aromatic heterocycles. The van der Waals surface area contributed by atoms with Crippen LogP contribution >= 0.6 is 0 Å². The molecule has 4 nitrogen and oxygen atoms in total. The molecule has 2 aliphatic carbocycles. The number of nitrogens with zero attached hydrogens (tertiary/aromatic N) is 4. The Labute approximate surface area is 102 Å². The van der Waals surface area contributed by atoms with E-state index in [0.717, 1.165) is 30.1 Å². The maximum Gasteiger partial charge on any atom is 0.134 e. The first-order valence-corrected chi connectivity index (χ1v) is 7.38. The summed E-state index contributed by atoms with van der Waals surface area (Å²) in [5, 5.41) is 8.37. The van der Waals surface area contributed by atoms with Crippen LogP contribution in [-0.4, -0.2) is 57.7 Å². The summed E-state index contributed by atoms with van der Waals surface area (Å²) in [7, 11) is 2.50. The first-order chi connectivity index (χ1) is 8.18. The van der Waals surface area contributed by atoms with Crippen molar-refractivity contribution >= 4 is 0 Å². The van der Waals surface area contributed by atoms with Gasteiger partial charge in [0.05, 0.1) is 17.5 Å². The minimum Gasteiger partial charge on any atom is -0.172 e. The van der Waals surface area contributed by atoms with Crippen LogP contribution in [0.2, 0.25) is 0 Å². The van der Waals surface area contributed by atoms with Gasteiger partial charge in [0.2, 0.25) is 0 Å². The van der Waals surface area contributed by atoms with Gasteiger partial charge in [-0.15, -0.1) is 5.01 Å². The molecular formula is C13H21N4+. The van der Waals surface area contributed by atoms with E-state index in [9.17, 15) is 0 Å². The second kappa shape index (κ2) is 2.09. The lowest BCUT2D eigenvalue weighted by Gasteiger charge is -2.64. The maximum atomic E-state index is 2.82. The molecule has 2 saturated carbocycles. The zero-order valence-corrected chi connectivity index (χ0v) is 10.7. The molecule has 0 amide bonds. The molecule has 4 heteroatoms. The highest BCUT2D eigenvalue weighted by molar-refractivity contribution is 5.20. The topological polar surface area (TPSA) is 9.72 Å². The average molecular weight is 233 g/mol. The molecule has 6 aliphatic heterocycles. The Morgan fingerprint density at radius 3 is 2.82 bits per heavy atom. The van der Waals surface area contributed by atoms with Crippen molar-refractivity contribution in [3.8, 4) is 0 Å². The van der Waals surface area contributed by atoms with E-state index in [1.54, 1.807) is 0 Å². The van der Waals surface area contributed by atoms with Crippen molar-refractivity contribution in [2.45, 2.75) is 56.8 Å². The highest BCUT2D eigenvalue weighted by Crippen LogP contribution is 2.72. The van der Waals surface area contributed by atoms with Gasteiger partial charge in [0.1, 0.15) is 19.8 Å². The third kappa shape index (κ3) is 0.556. The van der Waals surface area contributed by atoms with E-state index in [4.69, 9.17) is 0 Å². The van der Waals surface area contributed by atoms with Crippen molar-refractivity contribution in [3.63, 3.8) is 0 Å². The Morgan fingerprint density at radius 1 is 1.12 bits per heavy atom. The minimum absolute atomic E-state index is 0.633. The van der Waals surface area contributed by atoms with Crippen molar-refractivity contribution in [2.24, 2.45) is 11.3 Å². The lowest BCUT2D eigenvalue weighted by atomic mass is 9.51. The molecule has 0 spiro atoms. The summed E-state index contributed by atoms with van der Waals surface area (Å²) < 4.78 is 1.17. The molecule has 8 fully saturated rings. The van der Waals surface area contributed by atoms with Crippen molar-refractivity contribution in [3.05, 3.63) is 0 Å². The van der Waals surface area contributed by atoms with E-state index in [1.165, 1.54) is 37.1 Å². The second-order valence-corrected chi connectivity index (χ2v) is 7.53. The molecule has 7 atom stereocenters. The Balaban J connectivity index is 1.75. The Hall–Kier alpha value is -0.160. The number of fused-ring (bicyclic) bond motifs is 2. The Bertz CT molecular complexity index is 437. The number of hydrogen-bond donors (Lipinski definition) is 0. The van der Waals surface area contributed by atoms with E-state index in [0.29, 0.717) is 5.41 Å². The second-order valence-electron chi connectivity index (χ2n) is 7.53. The summed E-state index contributed by atoms with van der Waals surface area (Å²) in [5.41, 5.74) is 0.633. The Kier molecular flexibility index (Phi) is 1.09. The van der Waals surface area contributed by atoms with Gasteiger partial charge in [-0.25, -0.2) is 0 Å². The van der Waals surface area contributed by atoms with Gasteiger partial charge in [0.25, 0.3) is 0 Å². The molecular weight excluding hydrogens is 212 g/mol. The highest BCUT2D eigenvalue weighted by Gasteiger charge is 2.87. The molecule has 0 N–H and O–H groups in total. The molecule has 7 unspecified atom stereocenters. The number of hydrazine groups is 1. The van der Waals surface area contributed by atoms with Crippen LogP contribution in [0.25, 0.3) is 0 Å². The van der Waals surface area contributed by atoms with Crippen LogP contribution in [0.1, 0.15) is 32.6 Å². The third-order valence-electron chi connectivity index (χ3n) is 7.58. The minimum atomic E-state index is 0.633. The quantitative estimate of drug-likeness (QED) is 0.573. The van der Waals surface area contributed by atoms with Gasteiger partial charge in [-0.05, 0) is 19.3 Å². The van der Waals surface area contributed by atoms with Crippen molar-refractivity contribution in [1.29, 1.82) is 0 Å². The zero-order valence-electron chi connectivity index (χ0n) is 10.7. The molecule has 8 aliphatic rings. The van der Waals surface area contributed by atoms with E-state index in [1.807, 2.05) is 0 Å². The maximum absolute atomic E-state index is 2.82. The van der Waals surface area contributed by atoms with Gasteiger partial charge in [-0.1, -0.05) is 12.0 Å². The monoisotopic (exact) mass is 233 g/mol. The Morgan fingerprint density at radius 2 is 1.94 bits per heavy atom. The normalized spacial score (nSPS) is 71.3. The smallest absolute Gasteiger partial charge is 0.134 e. The van der Waals surface area contributed by atoms with E-state index >= 15 is 0 Å².